The van der Waals surface area contributed by atoms with Crippen LogP contribution in [0.25, 0.3) is 5.82 Å². The van der Waals surface area contributed by atoms with Crippen molar-refractivity contribution in [3.05, 3.63) is 58.8 Å². The number of hydrogen-bond donors (Lipinski definition) is 1. The maximum absolute atomic E-state index is 12.3. The third-order valence-electron chi connectivity index (χ3n) is 4.87. The van der Waals surface area contributed by atoms with Gasteiger partial charge >= 0.3 is 0 Å². The minimum atomic E-state index is -0.0728. The SMILES string of the molecule is Cc1ccc(CNC2CCC(n3nc(-n4cncn4)ccc3=O)CC2)o1. The molecule has 136 valence electrons. The molecular weight excluding hydrogens is 332 g/mol. The Morgan fingerprint density at radius 2 is 2.04 bits per heavy atom. The second-order valence-electron chi connectivity index (χ2n) is 6.71. The van der Waals surface area contributed by atoms with Crippen LogP contribution in [0.15, 0.2) is 46.1 Å². The molecule has 3 heterocycles. The van der Waals surface area contributed by atoms with Crippen molar-refractivity contribution >= 4 is 0 Å². The number of furan rings is 1. The van der Waals surface area contributed by atoms with Gasteiger partial charge in [-0.05, 0) is 50.8 Å². The van der Waals surface area contributed by atoms with Crippen LogP contribution in [0.3, 0.4) is 0 Å². The summed E-state index contributed by atoms with van der Waals surface area (Å²) in [6.07, 6.45) is 6.88. The molecule has 0 atom stereocenters. The summed E-state index contributed by atoms with van der Waals surface area (Å²) in [5.74, 6) is 2.50. The van der Waals surface area contributed by atoms with E-state index in [1.54, 1.807) is 27.8 Å². The molecule has 0 unspecified atom stereocenters. The van der Waals surface area contributed by atoms with Gasteiger partial charge in [0.2, 0.25) is 0 Å². The van der Waals surface area contributed by atoms with Crippen molar-refractivity contribution in [1.82, 2.24) is 29.9 Å². The molecule has 0 spiro atoms. The summed E-state index contributed by atoms with van der Waals surface area (Å²) in [4.78, 5) is 16.2. The van der Waals surface area contributed by atoms with Crippen molar-refractivity contribution in [3.63, 3.8) is 0 Å². The molecule has 8 nitrogen and oxygen atoms in total. The Bertz CT molecular complexity index is 906. The zero-order chi connectivity index (χ0) is 17.9. The van der Waals surface area contributed by atoms with Crippen molar-refractivity contribution in [3.8, 4) is 5.82 Å². The topological polar surface area (TPSA) is 90.8 Å². The van der Waals surface area contributed by atoms with Crippen LogP contribution in [0.1, 0.15) is 43.2 Å². The summed E-state index contributed by atoms with van der Waals surface area (Å²) < 4.78 is 8.76. The van der Waals surface area contributed by atoms with E-state index in [9.17, 15) is 4.79 Å². The Balaban J connectivity index is 1.38. The summed E-state index contributed by atoms with van der Waals surface area (Å²) in [5, 5.41) is 12.1. The number of nitrogens with one attached hydrogen (secondary N) is 1. The van der Waals surface area contributed by atoms with E-state index in [0.29, 0.717) is 11.9 Å². The van der Waals surface area contributed by atoms with Gasteiger partial charge < -0.3 is 9.73 Å². The number of aromatic nitrogens is 5. The van der Waals surface area contributed by atoms with Crippen molar-refractivity contribution < 1.29 is 4.42 Å². The van der Waals surface area contributed by atoms with Crippen LogP contribution in [0.4, 0.5) is 0 Å². The molecule has 4 rings (SSSR count). The number of nitrogens with zero attached hydrogens (tertiary/aromatic N) is 5. The molecule has 0 saturated heterocycles. The summed E-state index contributed by atoms with van der Waals surface area (Å²) in [6.45, 7) is 2.69. The van der Waals surface area contributed by atoms with Gasteiger partial charge in [-0.1, -0.05) is 0 Å². The van der Waals surface area contributed by atoms with Crippen LogP contribution >= 0.6 is 0 Å². The fraction of sp³-hybridized carbons (Fsp3) is 0.444. The van der Waals surface area contributed by atoms with Crippen molar-refractivity contribution in [2.45, 2.75) is 51.2 Å². The van der Waals surface area contributed by atoms with Crippen LogP contribution in [0, 0.1) is 6.92 Å². The van der Waals surface area contributed by atoms with Crippen LogP contribution in [0.2, 0.25) is 0 Å². The Labute approximate surface area is 150 Å². The highest BCUT2D eigenvalue weighted by molar-refractivity contribution is 5.16. The van der Waals surface area contributed by atoms with E-state index in [2.05, 4.69) is 20.5 Å². The fourth-order valence-corrected chi connectivity index (χ4v) is 3.48. The monoisotopic (exact) mass is 354 g/mol. The van der Waals surface area contributed by atoms with Crippen LogP contribution in [-0.2, 0) is 6.54 Å². The Morgan fingerprint density at radius 3 is 2.73 bits per heavy atom. The average Bonchev–Trinajstić information content (AvgIpc) is 3.33. The summed E-state index contributed by atoms with van der Waals surface area (Å²) >= 11 is 0. The first kappa shape index (κ1) is 16.7. The second-order valence-corrected chi connectivity index (χ2v) is 6.71. The Morgan fingerprint density at radius 1 is 1.19 bits per heavy atom. The third kappa shape index (κ3) is 3.60. The van der Waals surface area contributed by atoms with Gasteiger partial charge in [0.05, 0.1) is 12.6 Å². The molecular formula is C18H22N6O2. The van der Waals surface area contributed by atoms with E-state index in [1.807, 2.05) is 19.1 Å². The van der Waals surface area contributed by atoms with Crippen molar-refractivity contribution in [2.75, 3.05) is 0 Å². The van der Waals surface area contributed by atoms with E-state index >= 15 is 0 Å². The van der Waals surface area contributed by atoms with E-state index in [0.717, 1.165) is 43.7 Å². The maximum Gasteiger partial charge on any atom is 0.267 e. The second kappa shape index (κ2) is 7.25. The first-order chi connectivity index (χ1) is 12.7. The molecule has 26 heavy (non-hydrogen) atoms. The van der Waals surface area contributed by atoms with Gasteiger partial charge in [0.25, 0.3) is 5.56 Å². The van der Waals surface area contributed by atoms with Gasteiger partial charge in [0, 0.05) is 12.1 Å². The number of rotatable bonds is 5. The highest BCUT2D eigenvalue weighted by Gasteiger charge is 2.24. The molecule has 3 aromatic heterocycles. The summed E-state index contributed by atoms with van der Waals surface area (Å²) in [7, 11) is 0. The normalized spacial score (nSPS) is 20.3. The molecule has 0 bridgehead atoms. The summed E-state index contributed by atoms with van der Waals surface area (Å²) in [5.41, 5.74) is -0.0728. The lowest BCUT2D eigenvalue weighted by atomic mass is 9.91. The number of aryl methyl sites for hydroxylation is 1. The van der Waals surface area contributed by atoms with Gasteiger partial charge in [-0.25, -0.2) is 14.3 Å². The molecule has 1 saturated carbocycles. The molecule has 8 heteroatoms. The highest BCUT2D eigenvalue weighted by atomic mass is 16.3. The molecule has 0 aliphatic heterocycles. The molecule has 0 radical (unpaired) electrons. The lowest BCUT2D eigenvalue weighted by Gasteiger charge is -2.29. The lowest BCUT2D eigenvalue weighted by Crippen LogP contribution is -2.36. The van der Waals surface area contributed by atoms with E-state index in [1.165, 1.54) is 6.33 Å². The van der Waals surface area contributed by atoms with Crippen molar-refractivity contribution in [1.29, 1.82) is 0 Å². The van der Waals surface area contributed by atoms with Crippen LogP contribution < -0.4 is 10.9 Å². The lowest BCUT2D eigenvalue weighted by molar-refractivity contribution is 0.264. The van der Waals surface area contributed by atoms with Crippen LogP contribution in [0.5, 0.6) is 0 Å². The third-order valence-corrected chi connectivity index (χ3v) is 4.87. The molecule has 1 N–H and O–H groups in total. The van der Waals surface area contributed by atoms with E-state index < -0.39 is 0 Å². The molecule has 1 aliphatic carbocycles. The molecule has 1 aliphatic rings. The largest absolute Gasteiger partial charge is 0.465 e. The quantitative estimate of drug-likeness (QED) is 0.754. The molecule has 0 aromatic carbocycles. The van der Waals surface area contributed by atoms with Crippen LogP contribution in [-0.4, -0.2) is 30.6 Å². The zero-order valence-electron chi connectivity index (χ0n) is 14.7. The van der Waals surface area contributed by atoms with E-state index in [-0.39, 0.29) is 11.6 Å². The minimum absolute atomic E-state index is 0.0728. The van der Waals surface area contributed by atoms with Gasteiger partial charge in [0.1, 0.15) is 24.2 Å². The van der Waals surface area contributed by atoms with Gasteiger partial charge in [0.15, 0.2) is 5.82 Å². The maximum atomic E-state index is 12.3. The smallest absolute Gasteiger partial charge is 0.267 e. The molecule has 3 aromatic rings. The van der Waals surface area contributed by atoms with Gasteiger partial charge in [-0.3, -0.25) is 4.79 Å². The molecule has 1 fully saturated rings. The van der Waals surface area contributed by atoms with Gasteiger partial charge in [-0.2, -0.15) is 5.10 Å². The zero-order valence-corrected chi connectivity index (χ0v) is 14.7. The highest BCUT2D eigenvalue weighted by Crippen LogP contribution is 2.27. The first-order valence-corrected chi connectivity index (χ1v) is 8.92. The van der Waals surface area contributed by atoms with Crippen molar-refractivity contribution in [2.24, 2.45) is 0 Å². The molecule has 0 amide bonds. The minimum Gasteiger partial charge on any atom is -0.465 e. The predicted molar refractivity (Wildman–Crippen MR) is 95.0 cm³/mol. The predicted octanol–water partition coefficient (Wildman–Crippen LogP) is 2.00. The van der Waals surface area contributed by atoms with E-state index in [4.69, 9.17) is 4.42 Å². The standard InChI is InChI=1S/C18H22N6O2/c1-13-2-7-16(26-13)10-20-14-3-5-15(6-4-14)24-18(25)9-8-17(22-24)23-12-19-11-21-23/h2,7-9,11-12,14-15,20H,3-6,10H2,1H3. The fourth-order valence-electron chi connectivity index (χ4n) is 3.48. The number of hydrogen-bond acceptors (Lipinski definition) is 6. The average molecular weight is 354 g/mol. The van der Waals surface area contributed by atoms with Gasteiger partial charge in [-0.15, -0.1) is 5.10 Å². The first-order valence-electron chi connectivity index (χ1n) is 8.92. The Kier molecular flexibility index (Phi) is 4.66. The summed E-state index contributed by atoms with van der Waals surface area (Å²) in [6, 6.07) is 7.77. The Hall–Kier alpha value is -2.74.